The van der Waals surface area contributed by atoms with E-state index in [0.717, 1.165) is 17.7 Å². The molecule has 0 saturated carbocycles. The molecule has 0 amide bonds. The van der Waals surface area contributed by atoms with E-state index in [2.05, 4.69) is 15.3 Å². The van der Waals surface area contributed by atoms with E-state index in [9.17, 15) is 22.4 Å². The van der Waals surface area contributed by atoms with Gasteiger partial charge in [-0.2, -0.15) is 13.2 Å². The van der Waals surface area contributed by atoms with Gasteiger partial charge in [-0.1, -0.05) is 36.4 Å². The number of carbonyl (C=O) groups is 1. The van der Waals surface area contributed by atoms with Crippen molar-refractivity contribution in [3.05, 3.63) is 82.4 Å². The summed E-state index contributed by atoms with van der Waals surface area (Å²) < 4.78 is 67.0. The third-order valence-electron chi connectivity index (χ3n) is 5.74. The zero-order valence-corrected chi connectivity index (χ0v) is 21.9. The van der Waals surface area contributed by atoms with Gasteiger partial charge < -0.3 is 14.8 Å². The van der Waals surface area contributed by atoms with Crippen LogP contribution in [0.15, 0.2) is 86.9 Å². The van der Waals surface area contributed by atoms with Gasteiger partial charge in [0.15, 0.2) is 0 Å². The maximum Gasteiger partial charge on any atom is 0.419 e. The molecule has 10 heteroatoms. The van der Waals surface area contributed by atoms with E-state index in [1.807, 2.05) is 30.3 Å². The molecule has 0 radical (unpaired) electrons. The lowest BCUT2D eigenvalue weighted by molar-refractivity contribution is -0.149. The molecule has 0 bridgehead atoms. The van der Waals surface area contributed by atoms with E-state index in [1.165, 1.54) is 19.5 Å². The first-order chi connectivity index (χ1) is 17.7. The first-order valence-electron chi connectivity index (χ1n) is 12.0. The van der Waals surface area contributed by atoms with Gasteiger partial charge in [-0.25, -0.2) is 9.18 Å². The standard InChI is InChI=1S/C28H31F4N3O3/c1-26(2,3)38-25(36)23-22(37-16-18-10-7-6-8-11-18)15-27(4,35-24(23)34-17-33-5)19-12-9-13-21(29)20(14-19)28(30,31)32/h6-11,13-14,17H,12,15-16H2,1-5H3,(H,33,34,35). The highest BCUT2D eigenvalue weighted by molar-refractivity contribution is 6.22. The molecule has 6 nitrogen and oxygen atoms in total. The summed E-state index contributed by atoms with van der Waals surface area (Å²) in [4.78, 5) is 21.9. The largest absolute Gasteiger partial charge is 0.492 e. The number of halogens is 4. The molecule has 1 unspecified atom stereocenters. The highest BCUT2D eigenvalue weighted by Gasteiger charge is 2.43. The van der Waals surface area contributed by atoms with Gasteiger partial charge in [0.05, 0.1) is 17.5 Å². The Kier molecular flexibility index (Phi) is 8.64. The number of aliphatic imine (C=N–C) groups is 2. The van der Waals surface area contributed by atoms with E-state index in [0.29, 0.717) is 0 Å². The predicted octanol–water partition coefficient (Wildman–Crippen LogP) is 6.28. The summed E-state index contributed by atoms with van der Waals surface area (Å²) in [5, 5.41) is 2.84. The lowest BCUT2D eigenvalue weighted by Crippen LogP contribution is -2.41. The first-order valence-corrected chi connectivity index (χ1v) is 12.0. The van der Waals surface area contributed by atoms with Crippen LogP contribution in [0.25, 0.3) is 0 Å². The second-order valence-corrected chi connectivity index (χ2v) is 10.1. The van der Waals surface area contributed by atoms with Gasteiger partial charge in [-0.3, -0.25) is 9.98 Å². The van der Waals surface area contributed by atoms with Crippen molar-refractivity contribution >= 4 is 18.1 Å². The Morgan fingerprint density at radius 1 is 1.21 bits per heavy atom. The molecule has 1 N–H and O–H groups in total. The zero-order chi connectivity index (χ0) is 28.1. The Hall–Kier alpha value is -3.69. The molecule has 3 rings (SSSR count). The van der Waals surface area contributed by atoms with Crippen molar-refractivity contribution in [2.24, 2.45) is 9.98 Å². The third kappa shape index (κ3) is 7.20. The predicted molar refractivity (Wildman–Crippen MR) is 138 cm³/mol. The molecule has 1 atom stereocenters. The van der Waals surface area contributed by atoms with Crippen molar-refractivity contribution in [3.8, 4) is 0 Å². The van der Waals surface area contributed by atoms with Gasteiger partial charge in [0.1, 0.15) is 35.2 Å². The minimum atomic E-state index is -4.90. The van der Waals surface area contributed by atoms with Crippen LogP contribution in [0.4, 0.5) is 17.6 Å². The zero-order valence-electron chi connectivity index (χ0n) is 21.9. The minimum Gasteiger partial charge on any atom is -0.492 e. The Morgan fingerprint density at radius 3 is 2.50 bits per heavy atom. The van der Waals surface area contributed by atoms with Gasteiger partial charge in [0.25, 0.3) is 0 Å². The first kappa shape index (κ1) is 28.9. The number of amidine groups is 1. The van der Waals surface area contributed by atoms with Crippen LogP contribution in [0.1, 0.15) is 46.1 Å². The van der Waals surface area contributed by atoms with Crippen LogP contribution in [0.2, 0.25) is 0 Å². The molecular weight excluding hydrogens is 502 g/mol. The van der Waals surface area contributed by atoms with Crippen molar-refractivity contribution in [2.75, 3.05) is 7.05 Å². The number of nitrogens with zero attached hydrogens (tertiary/aromatic N) is 2. The lowest BCUT2D eigenvalue weighted by Gasteiger charge is -2.35. The molecular formula is C28H31F4N3O3. The normalized spacial score (nSPS) is 20.8. The van der Waals surface area contributed by atoms with Crippen LogP contribution < -0.4 is 5.32 Å². The summed E-state index contributed by atoms with van der Waals surface area (Å²) in [6.07, 6.45) is -0.744. The van der Waals surface area contributed by atoms with Crippen LogP contribution in [0.5, 0.6) is 0 Å². The minimum absolute atomic E-state index is 0.00980. The number of hydrogen-bond donors (Lipinski definition) is 1. The molecule has 1 heterocycles. The number of dihydropyridines is 1. The van der Waals surface area contributed by atoms with E-state index in [4.69, 9.17) is 9.47 Å². The third-order valence-corrected chi connectivity index (χ3v) is 5.74. The summed E-state index contributed by atoms with van der Waals surface area (Å²) in [6.45, 7) is 6.84. The summed E-state index contributed by atoms with van der Waals surface area (Å²) in [7, 11) is 1.50. The lowest BCUT2D eigenvalue weighted by atomic mass is 9.82. The maximum absolute atomic E-state index is 14.3. The average molecular weight is 534 g/mol. The molecule has 2 aliphatic rings. The number of alkyl halides is 3. The Morgan fingerprint density at radius 2 is 1.89 bits per heavy atom. The highest BCUT2D eigenvalue weighted by atomic mass is 19.4. The fourth-order valence-corrected chi connectivity index (χ4v) is 3.97. The molecule has 38 heavy (non-hydrogen) atoms. The molecule has 1 aromatic carbocycles. The number of esters is 1. The quantitative estimate of drug-likeness (QED) is 0.202. The van der Waals surface area contributed by atoms with E-state index >= 15 is 0 Å². The molecule has 1 aliphatic carbocycles. The van der Waals surface area contributed by atoms with Gasteiger partial charge in [-0.05, 0) is 57.4 Å². The van der Waals surface area contributed by atoms with Gasteiger partial charge in [0, 0.05) is 13.5 Å². The number of carbonyl (C=O) groups excluding carboxylic acids is 1. The van der Waals surface area contributed by atoms with E-state index in [-0.39, 0.29) is 42.2 Å². The topological polar surface area (TPSA) is 72.3 Å². The van der Waals surface area contributed by atoms with Crippen LogP contribution in [0.3, 0.4) is 0 Å². The summed E-state index contributed by atoms with van der Waals surface area (Å²) in [5.41, 5.74) is -2.51. The van der Waals surface area contributed by atoms with Crippen molar-refractivity contribution in [1.82, 2.24) is 5.32 Å². The molecule has 204 valence electrons. The maximum atomic E-state index is 14.3. The highest BCUT2D eigenvalue weighted by Crippen LogP contribution is 2.42. The van der Waals surface area contributed by atoms with Gasteiger partial charge >= 0.3 is 12.1 Å². The molecule has 0 spiro atoms. The molecule has 1 aromatic rings. The van der Waals surface area contributed by atoms with Gasteiger partial charge in [-0.15, -0.1) is 0 Å². The number of rotatable bonds is 6. The smallest absolute Gasteiger partial charge is 0.419 e. The number of benzene rings is 1. The fraction of sp³-hybridized carbons (Fsp3) is 0.393. The monoisotopic (exact) mass is 533 g/mol. The second kappa shape index (κ2) is 11.4. The number of hydrogen-bond acceptors (Lipinski definition) is 5. The van der Waals surface area contributed by atoms with Crippen molar-refractivity contribution in [3.63, 3.8) is 0 Å². The number of ether oxygens (including phenoxy) is 2. The fourth-order valence-electron chi connectivity index (χ4n) is 3.97. The molecule has 0 saturated heterocycles. The van der Waals surface area contributed by atoms with E-state index in [1.54, 1.807) is 27.7 Å². The van der Waals surface area contributed by atoms with Gasteiger partial charge in [0.2, 0.25) is 0 Å². The molecule has 0 fully saturated rings. The van der Waals surface area contributed by atoms with Crippen LogP contribution >= 0.6 is 0 Å². The summed E-state index contributed by atoms with van der Waals surface area (Å²) in [5.74, 6) is -1.89. The van der Waals surface area contributed by atoms with E-state index < -0.39 is 34.7 Å². The summed E-state index contributed by atoms with van der Waals surface area (Å²) in [6, 6.07) is 9.20. The van der Waals surface area contributed by atoms with Crippen molar-refractivity contribution < 1.29 is 31.8 Å². The number of nitrogens with one attached hydrogen (secondary N) is 1. The second-order valence-electron chi connectivity index (χ2n) is 10.1. The molecule has 1 aliphatic heterocycles. The Labute approximate surface area is 219 Å². The molecule has 0 aromatic heterocycles. The Balaban J connectivity index is 2.14. The van der Waals surface area contributed by atoms with Crippen LogP contribution in [0, 0.1) is 0 Å². The van der Waals surface area contributed by atoms with Crippen molar-refractivity contribution in [2.45, 2.75) is 64.5 Å². The average Bonchev–Trinajstić information content (AvgIpc) is 3.02. The summed E-state index contributed by atoms with van der Waals surface area (Å²) >= 11 is 0. The van der Waals surface area contributed by atoms with Crippen LogP contribution in [-0.2, 0) is 20.9 Å². The SMILES string of the molecule is CN=CNC1=NC(C)(C2=CC(C(F)(F)F)=C(F)C=CC2)CC(OCc2ccccc2)=C1C(=O)OC(C)(C)C. The number of allylic oxidation sites excluding steroid dienone is 5. The Bertz CT molecular complexity index is 1240. The van der Waals surface area contributed by atoms with Crippen LogP contribution in [-0.4, -0.2) is 42.5 Å². The van der Waals surface area contributed by atoms with Crippen molar-refractivity contribution in [1.29, 1.82) is 0 Å².